The Morgan fingerprint density at radius 3 is 2.83 bits per heavy atom. The maximum atomic E-state index is 12.4. The van der Waals surface area contributed by atoms with Crippen molar-refractivity contribution in [3.05, 3.63) is 71.2 Å². The fourth-order valence-electron chi connectivity index (χ4n) is 3.46. The standard InChI is InChI=1S/C20H21N3O/c1-13-6-3-4-8-16(13)17-11-18(17)22-19(24)10-15-12-21-20-14(2)7-5-9-23(15)20/h3-9,12,17-18H,10-11H2,1-2H3,(H,22,24)/t17-,18+/m0/s1. The molecular weight excluding hydrogens is 298 g/mol. The molecule has 0 radical (unpaired) electrons. The molecule has 1 amide bonds. The highest BCUT2D eigenvalue weighted by atomic mass is 16.1. The van der Waals surface area contributed by atoms with Gasteiger partial charge in [-0.1, -0.05) is 30.3 Å². The highest BCUT2D eigenvalue weighted by Gasteiger charge is 2.40. The number of carbonyl (C=O) groups excluding carboxylic acids is 1. The van der Waals surface area contributed by atoms with Gasteiger partial charge >= 0.3 is 0 Å². The van der Waals surface area contributed by atoms with E-state index in [1.807, 2.05) is 29.7 Å². The number of fused-ring (bicyclic) bond motifs is 1. The first-order valence-corrected chi connectivity index (χ1v) is 8.40. The predicted octanol–water partition coefficient (Wildman–Crippen LogP) is 3.17. The van der Waals surface area contributed by atoms with E-state index in [-0.39, 0.29) is 11.9 Å². The number of hydrogen-bond donors (Lipinski definition) is 1. The van der Waals surface area contributed by atoms with E-state index in [0.717, 1.165) is 23.3 Å². The molecule has 4 nitrogen and oxygen atoms in total. The summed E-state index contributed by atoms with van der Waals surface area (Å²) in [5, 5.41) is 3.17. The van der Waals surface area contributed by atoms with Crippen LogP contribution in [0.3, 0.4) is 0 Å². The number of imidazole rings is 1. The van der Waals surface area contributed by atoms with Crippen LogP contribution in [0.15, 0.2) is 48.8 Å². The van der Waals surface area contributed by atoms with Crippen molar-refractivity contribution in [2.24, 2.45) is 0 Å². The van der Waals surface area contributed by atoms with Gasteiger partial charge < -0.3 is 9.72 Å². The molecule has 1 saturated carbocycles. The first-order chi connectivity index (χ1) is 11.6. The molecule has 24 heavy (non-hydrogen) atoms. The lowest BCUT2D eigenvalue weighted by Gasteiger charge is -2.07. The number of nitrogens with zero attached hydrogens (tertiary/aromatic N) is 2. The van der Waals surface area contributed by atoms with E-state index in [0.29, 0.717) is 12.3 Å². The molecule has 1 N–H and O–H groups in total. The van der Waals surface area contributed by atoms with Crippen LogP contribution < -0.4 is 5.32 Å². The van der Waals surface area contributed by atoms with Crippen molar-refractivity contribution in [3.63, 3.8) is 0 Å². The van der Waals surface area contributed by atoms with E-state index in [2.05, 4.69) is 41.5 Å². The smallest absolute Gasteiger partial charge is 0.226 e. The monoisotopic (exact) mass is 319 g/mol. The topological polar surface area (TPSA) is 46.4 Å². The Hall–Kier alpha value is -2.62. The van der Waals surface area contributed by atoms with Gasteiger partial charge in [0, 0.05) is 24.4 Å². The molecule has 1 aliphatic rings. The van der Waals surface area contributed by atoms with Gasteiger partial charge in [0.2, 0.25) is 5.91 Å². The molecule has 0 saturated heterocycles. The van der Waals surface area contributed by atoms with Crippen molar-refractivity contribution in [2.75, 3.05) is 0 Å². The van der Waals surface area contributed by atoms with Crippen molar-refractivity contribution in [2.45, 2.75) is 38.6 Å². The highest BCUT2D eigenvalue weighted by molar-refractivity contribution is 5.79. The highest BCUT2D eigenvalue weighted by Crippen LogP contribution is 2.42. The SMILES string of the molecule is Cc1ccccc1[C@@H]1C[C@H]1NC(=O)Cc1cnc2c(C)cccn12. The zero-order chi connectivity index (χ0) is 16.7. The second kappa shape index (κ2) is 5.78. The molecule has 0 aliphatic heterocycles. The second-order valence-corrected chi connectivity index (χ2v) is 6.68. The number of amides is 1. The summed E-state index contributed by atoms with van der Waals surface area (Å²) in [5.74, 6) is 0.527. The average molecular weight is 319 g/mol. The summed E-state index contributed by atoms with van der Waals surface area (Å²) in [4.78, 5) is 16.8. The van der Waals surface area contributed by atoms with Gasteiger partial charge in [-0.15, -0.1) is 0 Å². The lowest BCUT2D eigenvalue weighted by atomic mass is 10.0. The molecule has 1 fully saturated rings. The van der Waals surface area contributed by atoms with Crippen molar-refractivity contribution < 1.29 is 4.79 Å². The Morgan fingerprint density at radius 1 is 1.21 bits per heavy atom. The summed E-state index contributed by atoms with van der Waals surface area (Å²) in [7, 11) is 0. The summed E-state index contributed by atoms with van der Waals surface area (Å²) in [6.07, 6.45) is 5.16. The van der Waals surface area contributed by atoms with Crippen LogP contribution in [0, 0.1) is 13.8 Å². The lowest BCUT2D eigenvalue weighted by molar-refractivity contribution is -0.120. The van der Waals surface area contributed by atoms with Gasteiger partial charge in [0.1, 0.15) is 5.65 Å². The number of pyridine rings is 1. The number of rotatable bonds is 4. The van der Waals surface area contributed by atoms with Gasteiger partial charge in [-0.3, -0.25) is 4.79 Å². The fraction of sp³-hybridized carbons (Fsp3) is 0.300. The molecule has 4 heteroatoms. The number of benzene rings is 1. The number of nitrogens with one attached hydrogen (secondary N) is 1. The van der Waals surface area contributed by atoms with E-state index >= 15 is 0 Å². The molecule has 2 atom stereocenters. The normalized spacial score (nSPS) is 19.4. The van der Waals surface area contributed by atoms with E-state index in [1.165, 1.54) is 11.1 Å². The largest absolute Gasteiger partial charge is 0.352 e. The maximum absolute atomic E-state index is 12.4. The fourth-order valence-corrected chi connectivity index (χ4v) is 3.46. The van der Waals surface area contributed by atoms with E-state index < -0.39 is 0 Å². The molecule has 2 heterocycles. The molecular formula is C20H21N3O. The summed E-state index contributed by atoms with van der Waals surface area (Å²) < 4.78 is 2.00. The first kappa shape index (κ1) is 14.9. The van der Waals surface area contributed by atoms with Crippen molar-refractivity contribution in [3.8, 4) is 0 Å². The predicted molar refractivity (Wildman–Crippen MR) is 94.1 cm³/mol. The minimum absolute atomic E-state index is 0.0689. The zero-order valence-corrected chi connectivity index (χ0v) is 14.0. The molecule has 0 bridgehead atoms. The summed E-state index contributed by atoms with van der Waals surface area (Å²) >= 11 is 0. The Labute approximate surface area is 141 Å². The summed E-state index contributed by atoms with van der Waals surface area (Å²) in [6, 6.07) is 12.7. The van der Waals surface area contributed by atoms with Crippen LogP contribution in [-0.4, -0.2) is 21.3 Å². The van der Waals surface area contributed by atoms with Crippen LogP contribution >= 0.6 is 0 Å². The third kappa shape index (κ3) is 2.68. The van der Waals surface area contributed by atoms with Gasteiger partial charge in [-0.2, -0.15) is 0 Å². The first-order valence-electron chi connectivity index (χ1n) is 8.40. The van der Waals surface area contributed by atoms with Crippen molar-refractivity contribution in [1.29, 1.82) is 0 Å². The lowest BCUT2D eigenvalue weighted by Crippen LogP contribution is -2.28. The van der Waals surface area contributed by atoms with Crippen LogP contribution in [0.1, 0.15) is 34.7 Å². The average Bonchev–Trinajstić information content (AvgIpc) is 3.19. The molecule has 0 unspecified atom stereocenters. The second-order valence-electron chi connectivity index (χ2n) is 6.68. The summed E-state index contributed by atoms with van der Waals surface area (Å²) in [6.45, 7) is 4.16. The van der Waals surface area contributed by atoms with Crippen molar-refractivity contribution >= 4 is 11.6 Å². The third-order valence-corrected chi connectivity index (χ3v) is 4.87. The minimum Gasteiger partial charge on any atom is -0.352 e. The number of hydrogen-bond acceptors (Lipinski definition) is 2. The third-order valence-electron chi connectivity index (χ3n) is 4.87. The molecule has 4 rings (SSSR count). The number of aromatic nitrogens is 2. The van der Waals surface area contributed by atoms with E-state index in [4.69, 9.17) is 0 Å². The van der Waals surface area contributed by atoms with Crippen LogP contribution in [0.5, 0.6) is 0 Å². The Morgan fingerprint density at radius 2 is 2.00 bits per heavy atom. The molecule has 3 aromatic rings. The van der Waals surface area contributed by atoms with Crippen LogP contribution in [0.2, 0.25) is 0 Å². The van der Waals surface area contributed by atoms with E-state index in [9.17, 15) is 4.79 Å². The number of carbonyl (C=O) groups is 1. The van der Waals surface area contributed by atoms with Gasteiger partial charge in [0.25, 0.3) is 0 Å². The van der Waals surface area contributed by atoms with Gasteiger partial charge in [-0.25, -0.2) is 4.98 Å². The molecule has 0 spiro atoms. The van der Waals surface area contributed by atoms with Gasteiger partial charge in [-0.05, 0) is 43.0 Å². The molecule has 1 aliphatic carbocycles. The van der Waals surface area contributed by atoms with Crippen molar-refractivity contribution in [1.82, 2.24) is 14.7 Å². The number of aryl methyl sites for hydroxylation is 2. The minimum atomic E-state index is 0.0689. The Kier molecular flexibility index (Phi) is 3.60. The molecule has 2 aromatic heterocycles. The van der Waals surface area contributed by atoms with Gasteiger partial charge in [0.15, 0.2) is 0 Å². The van der Waals surface area contributed by atoms with Crippen LogP contribution in [0.4, 0.5) is 0 Å². The molecule has 1 aromatic carbocycles. The Balaban J connectivity index is 1.43. The van der Waals surface area contributed by atoms with Crippen LogP contribution in [0.25, 0.3) is 5.65 Å². The van der Waals surface area contributed by atoms with Gasteiger partial charge in [0.05, 0.1) is 12.1 Å². The Bertz CT molecular complexity index is 912. The quantitative estimate of drug-likeness (QED) is 0.803. The zero-order valence-electron chi connectivity index (χ0n) is 14.0. The maximum Gasteiger partial charge on any atom is 0.226 e. The summed E-state index contributed by atoms with van der Waals surface area (Å²) in [5.41, 5.74) is 5.62. The van der Waals surface area contributed by atoms with E-state index in [1.54, 1.807) is 6.20 Å². The molecule has 122 valence electrons. The van der Waals surface area contributed by atoms with Crippen LogP contribution in [-0.2, 0) is 11.2 Å².